The number of nitrogens with one attached hydrogen (secondary N) is 1. The Labute approximate surface area is 107 Å². The van der Waals surface area contributed by atoms with Crippen molar-refractivity contribution in [1.82, 2.24) is 5.43 Å². The molecule has 0 saturated heterocycles. The van der Waals surface area contributed by atoms with Crippen molar-refractivity contribution in [3.8, 4) is 11.5 Å². The van der Waals surface area contributed by atoms with Gasteiger partial charge in [0.05, 0.1) is 7.11 Å². The lowest BCUT2D eigenvalue weighted by Gasteiger charge is -2.06. The fourth-order valence-electron chi connectivity index (χ4n) is 1.11. The van der Waals surface area contributed by atoms with Gasteiger partial charge in [-0.3, -0.25) is 4.79 Å². The molecular formula is C13H18N2O3. The normalized spacial score (nSPS) is 10.7. The minimum Gasteiger partial charge on any atom is -0.497 e. The van der Waals surface area contributed by atoms with Crippen LogP contribution in [0.15, 0.2) is 29.4 Å². The number of carbonyl (C=O) groups is 1. The Bertz CT molecular complexity index is 399. The number of amides is 1. The molecule has 18 heavy (non-hydrogen) atoms. The Morgan fingerprint density at radius 2 is 1.94 bits per heavy atom. The van der Waals surface area contributed by atoms with Gasteiger partial charge < -0.3 is 9.47 Å². The molecule has 0 unspecified atom stereocenters. The first kappa shape index (κ1) is 14.0. The largest absolute Gasteiger partial charge is 0.497 e. The molecule has 0 aliphatic rings. The molecule has 1 rings (SSSR count). The van der Waals surface area contributed by atoms with Crippen LogP contribution in [0, 0.1) is 5.92 Å². The van der Waals surface area contributed by atoms with Crippen LogP contribution in [0.3, 0.4) is 0 Å². The van der Waals surface area contributed by atoms with E-state index >= 15 is 0 Å². The molecule has 1 aromatic carbocycles. The highest BCUT2D eigenvalue weighted by atomic mass is 16.5. The summed E-state index contributed by atoms with van der Waals surface area (Å²) in [5, 5.41) is 3.79. The van der Waals surface area contributed by atoms with Gasteiger partial charge >= 0.3 is 0 Å². The van der Waals surface area contributed by atoms with Crippen molar-refractivity contribution in [3.05, 3.63) is 24.3 Å². The predicted octanol–water partition coefficient (Wildman–Crippen LogP) is 1.83. The highest BCUT2D eigenvalue weighted by molar-refractivity contribution is 5.78. The van der Waals surface area contributed by atoms with Crippen molar-refractivity contribution in [3.63, 3.8) is 0 Å². The van der Waals surface area contributed by atoms with Crippen LogP contribution in [-0.2, 0) is 4.79 Å². The van der Waals surface area contributed by atoms with E-state index in [0.717, 1.165) is 5.75 Å². The van der Waals surface area contributed by atoms with Crippen LogP contribution in [-0.4, -0.2) is 25.8 Å². The van der Waals surface area contributed by atoms with Crippen molar-refractivity contribution in [2.24, 2.45) is 11.0 Å². The third-order valence-electron chi connectivity index (χ3n) is 1.99. The van der Waals surface area contributed by atoms with Crippen LogP contribution < -0.4 is 14.9 Å². The van der Waals surface area contributed by atoms with Gasteiger partial charge in [-0.25, -0.2) is 5.43 Å². The third-order valence-corrected chi connectivity index (χ3v) is 1.99. The second-order valence-electron chi connectivity index (χ2n) is 4.02. The molecule has 0 fully saturated rings. The van der Waals surface area contributed by atoms with Crippen molar-refractivity contribution in [2.75, 3.05) is 13.7 Å². The summed E-state index contributed by atoms with van der Waals surface area (Å²) in [6.07, 6.45) is 1.66. The number of methoxy groups -OCH3 is 1. The molecule has 98 valence electrons. The Hall–Kier alpha value is -2.04. The van der Waals surface area contributed by atoms with Crippen LogP contribution in [0.25, 0.3) is 0 Å². The number of benzene rings is 1. The molecule has 5 heteroatoms. The van der Waals surface area contributed by atoms with E-state index < -0.39 is 0 Å². The average molecular weight is 250 g/mol. The summed E-state index contributed by atoms with van der Waals surface area (Å²) in [5.41, 5.74) is 2.39. The van der Waals surface area contributed by atoms with Crippen LogP contribution in [0.5, 0.6) is 11.5 Å². The summed E-state index contributed by atoms with van der Waals surface area (Å²) >= 11 is 0. The molecule has 0 bridgehead atoms. The molecular weight excluding hydrogens is 232 g/mol. The van der Waals surface area contributed by atoms with E-state index in [1.54, 1.807) is 37.6 Å². The summed E-state index contributed by atoms with van der Waals surface area (Å²) in [6, 6.07) is 7.02. The summed E-state index contributed by atoms with van der Waals surface area (Å²) in [7, 11) is 1.59. The van der Waals surface area contributed by atoms with Crippen LogP contribution in [0.1, 0.15) is 13.8 Å². The lowest BCUT2D eigenvalue weighted by molar-refractivity contribution is -0.123. The highest BCUT2D eigenvalue weighted by Crippen LogP contribution is 2.16. The number of nitrogens with zero attached hydrogens (tertiary/aromatic N) is 1. The van der Waals surface area contributed by atoms with Gasteiger partial charge in [-0.2, -0.15) is 5.10 Å². The standard InChI is InChI=1S/C13H18N2O3/c1-10(2)8-14-15-13(16)9-18-12-6-4-11(17-3)5-7-12/h4-8,10H,9H2,1-3H3,(H,15,16). The van der Waals surface area contributed by atoms with Gasteiger partial charge in [0.2, 0.25) is 0 Å². The Kier molecular flexibility index (Phi) is 5.70. The molecule has 0 aromatic heterocycles. The van der Waals surface area contributed by atoms with Crippen molar-refractivity contribution < 1.29 is 14.3 Å². The molecule has 0 aliphatic carbocycles. The Balaban J connectivity index is 2.33. The predicted molar refractivity (Wildman–Crippen MR) is 70.0 cm³/mol. The SMILES string of the molecule is COc1ccc(OCC(=O)NN=CC(C)C)cc1. The summed E-state index contributed by atoms with van der Waals surface area (Å²) in [4.78, 5) is 11.3. The molecule has 0 atom stereocenters. The molecule has 1 N–H and O–H groups in total. The number of hydrogen-bond donors (Lipinski definition) is 1. The van der Waals surface area contributed by atoms with Crippen LogP contribution >= 0.6 is 0 Å². The van der Waals surface area contributed by atoms with E-state index in [9.17, 15) is 4.79 Å². The molecule has 1 aromatic rings. The summed E-state index contributed by atoms with van der Waals surface area (Å²) in [5.74, 6) is 1.36. The first-order valence-electron chi connectivity index (χ1n) is 5.70. The van der Waals surface area contributed by atoms with Gasteiger partial charge in [-0.15, -0.1) is 0 Å². The minimum absolute atomic E-state index is 0.0677. The number of carbonyl (C=O) groups excluding carboxylic acids is 1. The molecule has 0 saturated carbocycles. The lowest BCUT2D eigenvalue weighted by Crippen LogP contribution is -2.24. The number of ether oxygens (including phenoxy) is 2. The molecule has 0 heterocycles. The molecule has 5 nitrogen and oxygen atoms in total. The van der Waals surface area contributed by atoms with Crippen LogP contribution in [0.4, 0.5) is 0 Å². The van der Waals surface area contributed by atoms with Gasteiger partial charge in [0.15, 0.2) is 6.61 Å². The van der Waals surface area contributed by atoms with E-state index in [2.05, 4.69) is 10.5 Å². The number of hydrazone groups is 1. The zero-order valence-corrected chi connectivity index (χ0v) is 10.8. The van der Waals surface area contributed by atoms with E-state index in [0.29, 0.717) is 11.7 Å². The summed E-state index contributed by atoms with van der Waals surface area (Å²) < 4.78 is 10.3. The van der Waals surface area contributed by atoms with Crippen molar-refractivity contribution in [1.29, 1.82) is 0 Å². The molecule has 0 aliphatic heterocycles. The van der Waals surface area contributed by atoms with Crippen molar-refractivity contribution in [2.45, 2.75) is 13.8 Å². The monoisotopic (exact) mass is 250 g/mol. The quantitative estimate of drug-likeness (QED) is 0.619. The van der Waals surface area contributed by atoms with Gasteiger partial charge in [-0.05, 0) is 30.2 Å². The zero-order chi connectivity index (χ0) is 13.4. The highest BCUT2D eigenvalue weighted by Gasteiger charge is 2.01. The first-order chi connectivity index (χ1) is 8.61. The molecule has 0 radical (unpaired) electrons. The fourth-order valence-corrected chi connectivity index (χ4v) is 1.11. The number of hydrogen-bond acceptors (Lipinski definition) is 4. The van der Waals surface area contributed by atoms with Crippen molar-refractivity contribution >= 4 is 12.1 Å². The third kappa shape index (κ3) is 5.34. The Morgan fingerprint density at radius 1 is 1.33 bits per heavy atom. The lowest BCUT2D eigenvalue weighted by atomic mass is 10.3. The van der Waals surface area contributed by atoms with E-state index in [1.807, 2.05) is 13.8 Å². The second-order valence-corrected chi connectivity index (χ2v) is 4.02. The van der Waals surface area contributed by atoms with E-state index in [1.165, 1.54) is 0 Å². The Morgan fingerprint density at radius 3 is 2.50 bits per heavy atom. The second kappa shape index (κ2) is 7.32. The maximum atomic E-state index is 11.3. The van der Waals surface area contributed by atoms with E-state index in [-0.39, 0.29) is 12.5 Å². The van der Waals surface area contributed by atoms with Gasteiger partial charge in [0, 0.05) is 6.21 Å². The fraction of sp³-hybridized carbons (Fsp3) is 0.385. The smallest absolute Gasteiger partial charge is 0.277 e. The number of rotatable bonds is 6. The first-order valence-corrected chi connectivity index (χ1v) is 5.70. The van der Waals surface area contributed by atoms with Gasteiger partial charge in [0.25, 0.3) is 5.91 Å². The van der Waals surface area contributed by atoms with E-state index in [4.69, 9.17) is 9.47 Å². The van der Waals surface area contributed by atoms with Gasteiger partial charge in [0.1, 0.15) is 11.5 Å². The molecule has 1 amide bonds. The van der Waals surface area contributed by atoms with Crippen LogP contribution in [0.2, 0.25) is 0 Å². The molecule has 0 spiro atoms. The topological polar surface area (TPSA) is 59.9 Å². The minimum atomic E-state index is -0.289. The maximum absolute atomic E-state index is 11.3. The summed E-state index contributed by atoms with van der Waals surface area (Å²) in [6.45, 7) is 3.88. The maximum Gasteiger partial charge on any atom is 0.277 e. The average Bonchev–Trinajstić information content (AvgIpc) is 2.36. The van der Waals surface area contributed by atoms with Gasteiger partial charge in [-0.1, -0.05) is 13.8 Å². The zero-order valence-electron chi connectivity index (χ0n) is 10.8.